The summed E-state index contributed by atoms with van der Waals surface area (Å²) in [6.45, 7) is 7.39. The van der Waals surface area contributed by atoms with Crippen LogP contribution in [-0.4, -0.2) is 90.2 Å². The number of rotatable bonds is 7. The summed E-state index contributed by atoms with van der Waals surface area (Å²) in [6, 6.07) is 6.35. The van der Waals surface area contributed by atoms with Crippen LogP contribution >= 0.6 is 15.9 Å². The van der Waals surface area contributed by atoms with Crippen LogP contribution in [0.15, 0.2) is 22.7 Å². The van der Waals surface area contributed by atoms with E-state index in [1.807, 2.05) is 22.8 Å². The first-order valence-electron chi connectivity index (χ1n) is 12.0. The van der Waals surface area contributed by atoms with Gasteiger partial charge in [0.1, 0.15) is 17.5 Å². The number of aliphatic hydroxyl groups is 1. The number of halogens is 1. The van der Waals surface area contributed by atoms with E-state index in [0.29, 0.717) is 24.7 Å². The zero-order valence-corrected chi connectivity index (χ0v) is 22.3. The van der Waals surface area contributed by atoms with Crippen molar-refractivity contribution >= 4 is 42.6 Å². The van der Waals surface area contributed by atoms with E-state index in [-0.39, 0.29) is 43.2 Å². The van der Waals surface area contributed by atoms with Gasteiger partial charge in [0.05, 0.1) is 21.5 Å². The van der Waals surface area contributed by atoms with Crippen molar-refractivity contribution in [1.82, 2.24) is 14.4 Å². The van der Waals surface area contributed by atoms with Crippen molar-refractivity contribution in [1.29, 1.82) is 0 Å². The minimum atomic E-state index is -3.07. The third kappa shape index (κ3) is 5.61. The number of aromatic nitrogens is 1. The van der Waals surface area contributed by atoms with E-state index in [4.69, 9.17) is 4.74 Å². The molecule has 0 spiro atoms. The van der Waals surface area contributed by atoms with E-state index in [1.54, 1.807) is 4.90 Å². The lowest BCUT2D eigenvalue weighted by atomic mass is 10.1. The molecule has 34 heavy (non-hydrogen) atoms. The lowest BCUT2D eigenvalue weighted by molar-refractivity contribution is 0.0759. The van der Waals surface area contributed by atoms with E-state index < -0.39 is 9.84 Å². The van der Waals surface area contributed by atoms with Crippen LogP contribution in [0.3, 0.4) is 0 Å². The van der Waals surface area contributed by atoms with Crippen molar-refractivity contribution in [2.24, 2.45) is 0 Å². The molecule has 1 N–H and O–H groups in total. The number of carbonyl (C=O) groups excluding carboxylic acids is 1. The van der Waals surface area contributed by atoms with Gasteiger partial charge in [-0.05, 0) is 67.2 Å². The summed E-state index contributed by atoms with van der Waals surface area (Å²) in [5.41, 5.74) is 1.40. The molecule has 0 unspecified atom stereocenters. The van der Waals surface area contributed by atoms with E-state index in [1.165, 1.54) is 0 Å². The zero-order chi connectivity index (χ0) is 24.5. The molecule has 188 valence electrons. The van der Waals surface area contributed by atoms with Gasteiger partial charge in [0.25, 0.3) is 5.91 Å². The van der Waals surface area contributed by atoms with Crippen molar-refractivity contribution in [3.8, 4) is 5.75 Å². The molecule has 8 nitrogen and oxygen atoms in total. The van der Waals surface area contributed by atoms with Gasteiger partial charge >= 0.3 is 0 Å². The highest BCUT2D eigenvalue weighted by Gasteiger charge is 2.29. The molecule has 2 aliphatic rings. The number of likely N-dealkylation sites (tertiary alicyclic amines) is 1. The van der Waals surface area contributed by atoms with E-state index in [2.05, 4.69) is 34.7 Å². The van der Waals surface area contributed by atoms with Crippen LogP contribution in [0.2, 0.25) is 0 Å². The molecule has 2 aromatic rings. The third-order valence-electron chi connectivity index (χ3n) is 6.85. The number of sulfone groups is 1. The highest BCUT2D eigenvalue weighted by Crippen LogP contribution is 2.35. The number of amides is 1. The van der Waals surface area contributed by atoms with Crippen LogP contribution in [0.1, 0.15) is 43.6 Å². The fourth-order valence-electron chi connectivity index (χ4n) is 4.77. The third-order valence-corrected chi connectivity index (χ3v) is 9.07. The molecule has 4 rings (SSSR count). The number of piperidine rings is 1. The monoisotopic (exact) mass is 555 g/mol. The largest absolute Gasteiger partial charge is 0.489 e. The Bertz CT molecular complexity index is 1130. The maximum atomic E-state index is 13.3. The van der Waals surface area contributed by atoms with Crippen LogP contribution in [0.25, 0.3) is 10.9 Å². The number of hydrogen-bond acceptors (Lipinski definition) is 6. The zero-order valence-electron chi connectivity index (χ0n) is 19.9. The summed E-state index contributed by atoms with van der Waals surface area (Å²) in [5, 5.41) is 10.3. The van der Waals surface area contributed by atoms with Gasteiger partial charge in [0, 0.05) is 50.8 Å². The molecule has 0 saturated carbocycles. The van der Waals surface area contributed by atoms with Crippen LogP contribution in [0, 0.1) is 0 Å². The highest BCUT2D eigenvalue weighted by atomic mass is 79.9. The molecule has 2 saturated heterocycles. The smallest absolute Gasteiger partial charge is 0.270 e. The first-order chi connectivity index (χ1) is 16.2. The molecule has 1 aromatic carbocycles. The normalized spacial score (nSPS) is 19.7. The standard InChI is InChI=1S/C24H34BrN3O5S/c1-17(2)26-7-4-19(5-8-26)33-23-15-18-14-22(24(30)27-9-12-34(31,32)13-10-27)28(6-3-11-29)21(18)16-20(23)25/h14-17,19,29H,3-13H2,1-2H3. The number of aryl methyl sites for hydroxylation is 1. The second-order valence-electron chi connectivity index (χ2n) is 9.49. The molecule has 1 amide bonds. The molecule has 2 fully saturated rings. The Balaban J connectivity index is 1.59. The van der Waals surface area contributed by atoms with Crippen LogP contribution in [-0.2, 0) is 16.4 Å². The SMILES string of the molecule is CC(C)N1CCC(Oc2cc3cc(C(=O)N4CCS(=O)(=O)CC4)n(CCCO)c3cc2Br)CC1. The molecule has 3 heterocycles. The number of hydrogen-bond donors (Lipinski definition) is 1. The predicted molar refractivity (Wildman–Crippen MR) is 136 cm³/mol. The number of fused-ring (bicyclic) bond motifs is 1. The van der Waals surface area contributed by atoms with E-state index in [9.17, 15) is 18.3 Å². The summed E-state index contributed by atoms with van der Waals surface area (Å²) in [6.07, 6.45) is 2.61. The maximum Gasteiger partial charge on any atom is 0.270 e. The summed E-state index contributed by atoms with van der Waals surface area (Å²) >= 11 is 3.66. The topological polar surface area (TPSA) is 92.1 Å². The molecule has 0 atom stereocenters. The molecule has 0 bridgehead atoms. The lowest BCUT2D eigenvalue weighted by Gasteiger charge is -2.34. The van der Waals surface area contributed by atoms with Gasteiger partial charge in [-0.3, -0.25) is 4.79 Å². The molecular formula is C24H34BrN3O5S. The fourth-order valence-corrected chi connectivity index (χ4v) is 6.39. The summed E-state index contributed by atoms with van der Waals surface area (Å²) in [5.74, 6) is 0.574. The number of carbonyl (C=O) groups is 1. The number of nitrogens with zero attached hydrogens (tertiary/aromatic N) is 3. The second-order valence-corrected chi connectivity index (χ2v) is 12.6. The summed E-state index contributed by atoms with van der Waals surface area (Å²) < 4.78 is 32.7. The van der Waals surface area contributed by atoms with Crippen LogP contribution in [0.5, 0.6) is 5.75 Å². The van der Waals surface area contributed by atoms with Crippen LogP contribution in [0.4, 0.5) is 0 Å². The van der Waals surface area contributed by atoms with Gasteiger partial charge in [-0.15, -0.1) is 0 Å². The van der Waals surface area contributed by atoms with Gasteiger partial charge in [0.2, 0.25) is 0 Å². The van der Waals surface area contributed by atoms with Crippen molar-refractivity contribution < 1.29 is 23.1 Å². The number of benzene rings is 1. The molecule has 1 aromatic heterocycles. The van der Waals surface area contributed by atoms with Gasteiger partial charge in [-0.1, -0.05) is 0 Å². The van der Waals surface area contributed by atoms with Crippen molar-refractivity contribution in [2.45, 2.75) is 51.8 Å². The van der Waals surface area contributed by atoms with Crippen molar-refractivity contribution in [2.75, 3.05) is 44.3 Å². The first-order valence-corrected chi connectivity index (χ1v) is 14.6. The Morgan fingerprint density at radius 3 is 2.44 bits per heavy atom. The Morgan fingerprint density at radius 1 is 1.15 bits per heavy atom. The number of aliphatic hydroxyl groups excluding tert-OH is 1. The Labute approximate surface area is 209 Å². The van der Waals surface area contributed by atoms with E-state index >= 15 is 0 Å². The molecule has 2 aliphatic heterocycles. The summed E-state index contributed by atoms with van der Waals surface area (Å²) in [4.78, 5) is 17.4. The minimum Gasteiger partial charge on any atom is -0.489 e. The minimum absolute atomic E-state index is 0.00519. The van der Waals surface area contributed by atoms with Crippen LogP contribution < -0.4 is 4.74 Å². The second kappa shape index (κ2) is 10.6. The Kier molecular flexibility index (Phi) is 7.91. The quantitative estimate of drug-likeness (QED) is 0.564. The van der Waals surface area contributed by atoms with Crippen molar-refractivity contribution in [3.05, 3.63) is 28.4 Å². The molecule has 0 aliphatic carbocycles. The predicted octanol–water partition coefficient (Wildman–Crippen LogP) is 2.91. The average molecular weight is 557 g/mol. The van der Waals surface area contributed by atoms with Gasteiger partial charge < -0.3 is 24.2 Å². The van der Waals surface area contributed by atoms with E-state index in [0.717, 1.165) is 47.1 Å². The summed E-state index contributed by atoms with van der Waals surface area (Å²) in [7, 11) is -3.07. The van der Waals surface area contributed by atoms with Gasteiger partial charge in [0.15, 0.2) is 9.84 Å². The lowest BCUT2D eigenvalue weighted by Crippen LogP contribution is -2.44. The first kappa shape index (κ1) is 25.5. The molecule has 10 heteroatoms. The van der Waals surface area contributed by atoms with Crippen molar-refractivity contribution in [3.63, 3.8) is 0 Å². The van der Waals surface area contributed by atoms with Gasteiger partial charge in [-0.25, -0.2) is 8.42 Å². The maximum absolute atomic E-state index is 13.3. The average Bonchev–Trinajstić information content (AvgIpc) is 3.15. The Hall–Kier alpha value is -1.62. The number of ether oxygens (including phenoxy) is 1. The highest BCUT2D eigenvalue weighted by molar-refractivity contribution is 9.10. The molecule has 0 radical (unpaired) electrons. The molecular weight excluding hydrogens is 522 g/mol. The Morgan fingerprint density at radius 2 is 1.82 bits per heavy atom. The van der Waals surface area contributed by atoms with Gasteiger partial charge in [-0.2, -0.15) is 0 Å². The fraction of sp³-hybridized carbons (Fsp3) is 0.625.